The highest BCUT2D eigenvalue weighted by molar-refractivity contribution is 5.29. The largest absolute Gasteiger partial charge is 0.489 e. The van der Waals surface area contributed by atoms with E-state index in [1.807, 2.05) is 32.0 Å². The van der Waals surface area contributed by atoms with Gasteiger partial charge in [-0.2, -0.15) is 0 Å². The molecule has 15 heavy (non-hydrogen) atoms. The second-order valence-electron chi connectivity index (χ2n) is 4.07. The van der Waals surface area contributed by atoms with Crippen LogP contribution in [0.15, 0.2) is 36.4 Å². The number of hydrogen-bond donors (Lipinski definition) is 1. The molecule has 0 saturated carbocycles. The van der Waals surface area contributed by atoms with Gasteiger partial charge in [0.2, 0.25) is 0 Å². The van der Waals surface area contributed by atoms with Crippen LogP contribution in [0.3, 0.4) is 0 Å². The third-order valence-electron chi connectivity index (χ3n) is 1.94. The van der Waals surface area contributed by atoms with E-state index in [1.54, 1.807) is 0 Å². The number of benzene rings is 1. The van der Waals surface area contributed by atoms with Gasteiger partial charge in [0, 0.05) is 6.04 Å². The van der Waals surface area contributed by atoms with E-state index in [9.17, 15) is 0 Å². The molecule has 0 amide bonds. The molecular weight excluding hydrogens is 186 g/mol. The molecule has 1 rings (SSSR count). The standard InChI is InChI=1S/C13H19NO/c1-10(2)9-15-13-6-4-5-12(8-13)7-11(3)14/h4-6,8,11H,1,7,9,14H2,2-3H3. The Kier molecular flexibility index (Phi) is 4.37. The molecule has 2 heteroatoms. The van der Waals surface area contributed by atoms with Crippen molar-refractivity contribution >= 4 is 0 Å². The highest BCUT2D eigenvalue weighted by Gasteiger charge is 2.00. The van der Waals surface area contributed by atoms with E-state index < -0.39 is 0 Å². The molecule has 1 aromatic carbocycles. The van der Waals surface area contributed by atoms with Gasteiger partial charge in [0.15, 0.2) is 0 Å². The van der Waals surface area contributed by atoms with Crippen LogP contribution >= 0.6 is 0 Å². The molecule has 1 atom stereocenters. The second kappa shape index (κ2) is 5.56. The summed E-state index contributed by atoms with van der Waals surface area (Å²) >= 11 is 0. The molecule has 0 aromatic heterocycles. The molecular formula is C13H19NO. The predicted molar refractivity (Wildman–Crippen MR) is 64.1 cm³/mol. The van der Waals surface area contributed by atoms with Crippen LogP contribution in [-0.4, -0.2) is 12.6 Å². The van der Waals surface area contributed by atoms with Gasteiger partial charge in [-0.1, -0.05) is 18.7 Å². The zero-order valence-electron chi connectivity index (χ0n) is 9.49. The maximum absolute atomic E-state index is 5.74. The van der Waals surface area contributed by atoms with Gasteiger partial charge in [0.25, 0.3) is 0 Å². The quantitative estimate of drug-likeness (QED) is 0.750. The fraction of sp³-hybridized carbons (Fsp3) is 0.385. The molecule has 82 valence electrons. The van der Waals surface area contributed by atoms with E-state index in [4.69, 9.17) is 10.5 Å². The van der Waals surface area contributed by atoms with Crippen molar-refractivity contribution in [1.29, 1.82) is 0 Å². The first-order valence-electron chi connectivity index (χ1n) is 5.19. The molecule has 0 spiro atoms. The maximum atomic E-state index is 5.74. The first kappa shape index (κ1) is 11.8. The number of rotatable bonds is 5. The second-order valence-corrected chi connectivity index (χ2v) is 4.07. The fourth-order valence-corrected chi connectivity index (χ4v) is 1.34. The lowest BCUT2D eigenvalue weighted by atomic mass is 10.1. The molecule has 1 aromatic rings. The Morgan fingerprint density at radius 3 is 2.87 bits per heavy atom. The molecule has 0 heterocycles. The normalized spacial score (nSPS) is 12.2. The van der Waals surface area contributed by atoms with Crippen LogP contribution in [0.25, 0.3) is 0 Å². The van der Waals surface area contributed by atoms with Gasteiger partial charge in [0.05, 0.1) is 0 Å². The average molecular weight is 205 g/mol. The number of nitrogens with two attached hydrogens (primary N) is 1. The summed E-state index contributed by atoms with van der Waals surface area (Å²) in [6.45, 7) is 8.32. The summed E-state index contributed by atoms with van der Waals surface area (Å²) in [5.41, 5.74) is 7.97. The molecule has 2 nitrogen and oxygen atoms in total. The van der Waals surface area contributed by atoms with E-state index in [0.29, 0.717) is 6.61 Å². The lowest BCUT2D eigenvalue weighted by molar-refractivity contribution is 0.352. The van der Waals surface area contributed by atoms with E-state index in [0.717, 1.165) is 17.7 Å². The highest BCUT2D eigenvalue weighted by Crippen LogP contribution is 2.14. The Balaban J connectivity index is 2.61. The minimum atomic E-state index is 0.182. The van der Waals surface area contributed by atoms with Crippen molar-refractivity contribution in [2.75, 3.05) is 6.61 Å². The van der Waals surface area contributed by atoms with Crippen LogP contribution < -0.4 is 10.5 Å². The van der Waals surface area contributed by atoms with E-state index in [-0.39, 0.29) is 6.04 Å². The van der Waals surface area contributed by atoms with E-state index in [2.05, 4.69) is 12.6 Å². The maximum Gasteiger partial charge on any atom is 0.120 e. The van der Waals surface area contributed by atoms with Crippen molar-refractivity contribution in [2.24, 2.45) is 5.73 Å². The number of hydrogen-bond acceptors (Lipinski definition) is 2. The molecule has 0 saturated heterocycles. The van der Waals surface area contributed by atoms with Crippen molar-refractivity contribution < 1.29 is 4.74 Å². The topological polar surface area (TPSA) is 35.2 Å². The molecule has 0 bridgehead atoms. The zero-order valence-corrected chi connectivity index (χ0v) is 9.49. The van der Waals surface area contributed by atoms with Crippen LogP contribution in [0.2, 0.25) is 0 Å². The van der Waals surface area contributed by atoms with E-state index in [1.165, 1.54) is 5.56 Å². The fourth-order valence-electron chi connectivity index (χ4n) is 1.34. The molecule has 0 fully saturated rings. The Hall–Kier alpha value is -1.28. The van der Waals surface area contributed by atoms with Crippen molar-refractivity contribution in [1.82, 2.24) is 0 Å². The smallest absolute Gasteiger partial charge is 0.120 e. The highest BCUT2D eigenvalue weighted by atomic mass is 16.5. The molecule has 0 radical (unpaired) electrons. The summed E-state index contributed by atoms with van der Waals surface area (Å²) in [6, 6.07) is 8.23. The van der Waals surface area contributed by atoms with Gasteiger partial charge in [0.1, 0.15) is 12.4 Å². The molecule has 0 aliphatic heterocycles. The third-order valence-corrected chi connectivity index (χ3v) is 1.94. The van der Waals surface area contributed by atoms with Gasteiger partial charge < -0.3 is 10.5 Å². The molecule has 1 unspecified atom stereocenters. The Labute approximate surface area is 91.7 Å². The summed E-state index contributed by atoms with van der Waals surface area (Å²) in [7, 11) is 0. The minimum Gasteiger partial charge on any atom is -0.489 e. The van der Waals surface area contributed by atoms with Crippen LogP contribution in [0.1, 0.15) is 19.4 Å². The molecule has 2 N–H and O–H groups in total. The van der Waals surface area contributed by atoms with Crippen LogP contribution in [0.4, 0.5) is 0 Å². The summed E-state index contributed by atoms with van der Waals surface area (Å²) in [5, 5.41) is 0. The van der Waals surface area contributed by atoms with Crippen LogP contribution in [0.5, 0.6) is 5.75 Å². The van der Waals surface area contributed by atoms with Crippen molar-refractivity contribution in [2.45, 2.75) is 26.3 Å². The summed E-state index contributed by atoms with van der Waals surface area (Å²) in [6.07, 6.45) is 0.879. The first-order chi connectivity index (χ1) is 7.08. The Morgan fingerprint density at radius 2 is 2.27 bits per heavy atom. The number of ether oxygens (including phenoxy) is 1. The predicted octanol–water partition coefficient (Wildman–Crippen LogP) is 2.53. The molecule has 0 aliphatic carbocycles. The van der Waals surface area contributed by atoms with Gasteiger partial charge >= 0.3 is 0 Å². The Morgan fingerprint density at radius 1 is 1.53 bits per heavy atom. The third kappa shape index (κ3) is 4.66. The van der Waals surface area contributed by atoms with Gasteiger partial charge in [-0.3, -0.25) is 0 Å². The summed E-state index contributed by atoms with van der Waals surface area (Å²) in [4.78, 5) is 0. The summed E-state index contributed by atoms with van der Waals surface area (Å²) < 4.78 is 5.55. The van der Waals surface area contributed by atoms with E-state index >= 15 is 0 Å². The zero-order chi connectivity index (χ0) is 11.3. The SMILES string of the molecule is C=C(C)COc1cccc(CC(C)N)c1. The van der Waals surface area contributed by atoms with Crippen molar-refractivity contribution in [3.8, 4) is 5.75 Å². The lowest BCUT2D eigenvalue weighted by Crippen LogP contribution is -2.17. The van der Waals surface area contributed by atoms with Gasteiger partial charge in [-0.05, 0) is 43.5 Å². The summed E-state index contributed by atoms with van der Waals surface area (Å²) in [5.74, 6) is 0.885. The van der Waals surface area contributed by atoms with Gasteiger partial charge in [-0.15, -0.1) is 0 Å². The van der Waals surface area contributed by atoms with Crippen molar-refractivity contribution in [3.05, 3.63) is 42.0 Å². The van der Waals surface area contributed by atoms with Crippen LogP contribution in [-0.2, 0) is 6.42 Å². The first-order valence-corrected chi connectivity index (χ1v) is 5.19. The lowest BCUT2D eigenvalue weighted by Gasteiger charge is -2.09. The minimum absolute atomic E-state index is 0.182. The van der Waals surface area contributed by atoms with Gasteiger partial charge in [-0.25, -0.2) is 0 Å². The monoisotopic (exact) mass is 205 g/mol. The van der Waals surface area contributed by atoms with Crippen LogP contribution in [0, 0.1) is 0 Å². The molecule has 0 aliphatic rings. The van der Waals surface area contributed by atoms with Crippen molar-refractivity contribution in [3.63, 3.8) is 0 Å². The average Bonchev–Trinajstić information content (AvgIpc) is 2.14. The Bertz CT molecular complexity index is 331.